The summed E-state index contributed by atoms with van der Waals surface area (Å²) in [6.45, 7) is 8.90. The van der Waals surface area contributed by atoms with Crippen LogP contribution in [0.25, 0.3) is 0 Å². The SMILES string of the molecule is CCC(CN)(COC)N(Cc1cccs1)C(C)C. The lowest BCUT2D eigenvalue weighted by atomic mass is 9.93. The predicted molar refractivity (Wildman–Crippen MR) is 79.0 cm³/mol. The van der Waals surface area contributed by atoms with Crippen molar-refractivity contribution in [3.8, 4) is 0 Å². The molecular weight excluding hydrogens is 244 g/mol. The third-order valence-corrected chi connectivity index (χ3v) is 4.45. The second-order valence-corrected chi connectivity index (χ2v) is 6.05. The molecule has 1 rings (SSSR count). The molecule has 0 aliphatic rings. The van der Waals surface area contributed by atoms with E-state index in [9.17, 15) is 0 Å². The summed E-state index contributed by atoms with van der Waals surface area (Å²) < 4.78 is 5.42. The molecule has 0 saturated heterocycles. The minimum Gasteiger partial charge on any atom is -0.383 e. The van der Waals surface area contributed by atoms with E-state index in [1.807, 2.05) is 0 Å². The first-order chi connectivity index (χ1) is 8.59. The van der Waals surface area contributed by atoms with Crippen LogP contribution in [-0.4, -0.2) is 36.7 Å². The molecule has 1 heterocycles. The molecule has 0 saturated carbocycles. The molecule has 0 amide bonds. The standard InChI is InChI=1S/C14H26N2OS/c1-5-14(10-15,11-17-4)16(12(2)3)9-13-7-6-8-18-13/h6-8,12H,5,9-11,15H2,1-4H3. The van der Waals surface area contributed by atoms with Crippen LogP contribution in [0.4, 0.5) is 0 Å². The van der Waals surface area contributed by atoms with Gasteiger partial charge in [-0.15, -0.1) is 11.3 Å². The fourth-order valence-corrected chi connectivity index (χ4v) is 3.15. The number of nitrogens with two attached hydrogens (primary N) is 1. The number of nitrogens with zero attached hydrogens (tertiary/aromatic N) is 1. The molecule has 0 fully saturated rings. The second-order valence-electron chi connectivity index (χ2n) is 5.02. The van der Waals surface area contributed by atoms with Crippen LogP contribution < -0.4 is 5.73 Å². The Labute approximate surface area is 115 Å². The zero-order valence-corrected chi connectivity index (χ0v) is 12.8. The van der Waals surface area contributed by atoms with Crippen molar-refractivity contribution in [3.05, 3.63) is 22.4 Å². The number of hydrogen-bond donors (Lipinski definition) is 1. The van der Waals surface area contributed by atoms with Crippen molar-refractivity contribution in [2.24, 2.45) is 5.73 Å². The molecule has 3 nitrogen and oxygen atoms in total. The number of thiophene rings is 1. The lowest BCUT2D eigenvalue weighted by Crippen LogP contribution is -2.58. The summed E-state index contributed by atoms with van der Waals surface area (Å²) in [6, 6.07) is 4.74. The largest absolute Gasteiger partial charge is 0.383 e. The van der Waals surface area contributed by atoms with Gasteiger partial charge >= 0.3 is 0 Å². The van der Waals surface area contributed by atoms with Crippen molar-refractivity contribution in [2.75, 3.05) is 20.3 Å². The van der Waals surface area contributed by atoms with Gasteiger partial charge in [0.25, 0.3) is 0 Å². The summed E-state index contributed by atoms with van der Waals surface area (Å²) in [5.41, 5.74) is 5.99. The van der Waals surface area contributed by atoms with Crippen LogP contribution in [0.5, 0.6) is 0 Å². The van der Waals surface area contributed by atoms with Gasteiger partial charge in [0, 0.05) is 31.1 Å². The zero-order chi connectivity index (χ0) is 13.6. The van der Waals surface area contributed by atoms with E-state index < -0.39 is 0 Å². The van der Waals surface area contributed by atoms with E-state index in [0.717, 1.165) is 13.0 Å². The van der Waals surface area contributed by atoms with Gasteiger partial charge in [0.05, 0.1) is 12.1 Å². The first-order valence-corrected chi connectivity index (χ1v) is 7.45. The molecule has 1 unspecified atom stereocenters. The fraction of sp³-hybridized carbons (Fsp3) is 0.714. The summed E-state index contributed by atoms with van der Waals surface area (Å²) in [7, 11) is 1.75. The first-order valence-electron chi connectivity index (χ1n) is 6.57. The van der Waals surface area contributed by atoms with Crippen LogP contribution in [0.3, 0.4) is 0 Å². The Morgan fingerprint density at radius 3 is 2.61 bits per heavy atom. The third kappa shape index (κ3) is 3.54. The van der Waals surface area contributed by atoms with Gasteiger partial charge in [-0.05, 0) is 31.7 Å². The van der Waals surface area contributed by atoms with Crippen LogP contribution in [0.1, 0.15) is 32.1 Å². The number of ether oxygens (including phenoxy) is 1. The maximum absolute atomic E-state index is 6.05. The maximum Gasteiger partial charge on any atom is 0.0659 e. The van der Waals surface area contributed by atoms with Gasteiger partial charge in [-0.3, -0.25) is 4.90 Å². The minimum atomic E-state index is -0.0626. The molecule has 18 heavy (non-hydrogen) atoms. The summed E-state index contributed by atoms with van der Waals surface area (Å²) in [4.78, 5) is 3.86. The van der Waals surface area contributed by atoms with Crippen LogP contribution in [-0.2, 0) is 11.3 Å². The van der Waals surface area contributed by atoms with E-state index in [-0.39, 0.29) is 5.54 Å². The van der Waals surface area contributed by atoms with Gasteiger partial charge in [0.2, 0.25) is 0 Å². The molecule has 0 aliphatic heterocycles. The zero-order valence-electron chi connectivity index (χ0n) is 12.0. The molecule has 2 N–H and O–H groups in total. The second kappa shape index (κ2) is 7.24. The van der Waals surface area contributed by atoms with Gasteiger partial charge < -0.3 is 10.5 Å². The van der Waals surface area contributed by atoms with Crippen LogP contribution in [0.15, 0.2) is 17.5 Å². The lowest BCUT2D eigenvalue weighted by Gasteiger charge is -2.45. The summed E-state index contributed by atoms with van der Waals surface area (Å²) >= 11 is 1.80. The van der Waals surface area contributed by atoms with Crippen LogP contribution in [0, 0.1) is 0 Å². The Morgan fingerprint density at radius 1 is 1.50 bits per heavy atom. The Bertz CT molecular complexity index is 321. The van der Waals surface area contributed by atoms with Gasteiger partial charge in [0.1, 0.15) is 0 Å². The Balaban J connectivity index is 2.93. The van der Waals surface area contributed by atoms with E-state index in [1.165, 1.54) is 4.88 Å². The van der Waals surface area contributed by atoms with E-state index in [1.54, 1.807) is 18.4 Å². The molecule has 104 valence electrons. The van der Waals surface area contributed by atoms with E-state index in [0.29, 0.717) is 19.2 Å². The molecule has 0 spiro atoms. The number of rotatable bonds is 8. The van der Waals surface area contributed by atoms with Crippen molar-refractivity contribution in [2.45, 2.75) is 45.3 Å². The maximum atomic E-state index is 6.05. The fourth-order valence-electron chi connectivity index (χ4n) is 2.45. The average molecular weight is 270 g/mol. The van der Waals surface area contributed by atoms with E-state index >= 15 is 0 Å². The molecule has 1 aromatic rings. The highest BCUT2D eigenvalue weighted by Gasteiger charge is 2.35. The van der Waals surface area contributed by atoms with Gasteiger partial charge in [-0.2, -0.15) is 0 Å². The van der Waals surface area contributed by atoms with Gasteiger partial charge in [-0.1, -0.05) is 13.0 Å². The van der Waals surface area contributed by atoms with Crippen LogP contribution >= 0.6 is 11.3 Å². The summed E-state index contributed by atoms with van der Waals surface area (Å²) in [6.07, 6.45) is 1.00. The topological polar surface area (TPSA) is 38.5 Å². The van der Waals surface area contributed by atoms with Crippen molar-refractivity contribution in [3.63, 3.8) is 0 Å². The Hall–Kier alpha value is -0.420. The molecule has 0 bridgehead atoms. The smallest absolute Gasteiger partial charge is 0.0659 e. The van der Waals surface area contributed by atoms with Gasteiger partial charge in [-0.25, -0.2) is 0 Å². The highest BCUT2D eigenvalue weighted by atomic mass is 32.1. The lowest BCUT2D eigenvalue weighted by molar-refractivity contribution is -0.0121. The molecule has 1 aromatic heterocycles. The van der Waals surface area contributed by atoms with Crippen molar-refractivity contribution in [1.82, 2.24) is 4.90 Å². The molecule has 4 heteroatoms. The van der Waals surface area contributed by atoms with Crippen LogP contribution in [0.2, 0.25) is 0 Å². The minimum absolute atomic E-state index is 0.0626. The highest BCUT2D eigenvalue weighted by molar-refractivity contribution is 7.09. The van der Waals surface area contributed by atoms with Gasteiger partial charge in [0.15, 0.2) is 0 Å². The third-order valence-electron chi connectivity index (χ3n) is 3.59. The molecule has 1 atom stereocenters. The quantitative estimate of drug-likeness (QED) is 0.789. The highest BCUT2D eigenvalue weighted by Crippen LogP contribution is 2.26. The monoisotopic (exact) mass is 270 g/mol. The molecular formula is C14H26N2OS. The Morgan fingerprint density at radius 2 is 2.22 bits per heavy atom. The Kier molecular flexibility index (Phi) is 6.29. The summed E-state index contributed by atoms with van der Waals surface area (Å²) in [5, 5.41) is 2.13. The molecule has 0 aliphatic carbocycles. The van der Waals surface area contributed by atoms with Crippen molar-refractivity contribution in [1.29, 1.82) is 0 Å². The van der Waals surface area contributed by atoms with E-state index in [4.69, 9.17) is 10.5 Å². The average Bonchev–Trinajstić information content (AvgIpc) is 2.86. The van der Waals surface area contributed by atoms with Crippen molar-refractivity contribution < 1.29 is 4.74 Å². The number of hydrogen-bond acceptors (Lipinski definition) is 4. The number of methoxy groups -OCH3 is 1. The predicted octanol–water partition coefficient (Wildman–Crippen LogP) is 2.71. The normalized spacial score (nSPS) is 15.3. The molecule has 0 radical (unpaired) electrons. The van der Waals surface area contributed by atoms with Crippen molar-refractivity contribution >= 4 is 11.3 Å². The molecule has 0 aromatic carbocycles. The first kappa shape index (κ1) is 15.6. The van der Waals surface area contributed by atoms with E-state index in [2.05, 4.69) is 43.2 Å². The summed E-state index contributed by atoms with van der Waals surface area (Å²) in [5.74, 6) is 0.